The Kier molecular flexibility index (Phi) is 3.52. The molecule has 0 aliphatic carbocycles. The SMILES string of the molecule is Cc1ccc(/C=N/n2c(C)n[nH]c2=S)cc1[N+](=O)[O-]. The Hall–Kier alpha value is -2.35. The molecule has 0 aliphatic rings. The molecule has 0 saturated heterocycles. The number of nitro benzene ring substituents is 1. The molecule has 1 N–H and O–H groups in total. The first-order chi connectivity index (χ1) is 8.99. The van der Waals surface area contributed by atoms with E-state index in [0.717, 1.165) is 0 Å². The van der Waals surface area contributed by atoms with E-state index in [1.807, 2.05) is 0 Å². The molecule has 7 nitrogen and oxygen atoms in total. The van der Waals surface area contributed by atoms with Crippen molar-refractivity contribution in [1.29, 1.82) is 0 Å². The number of rotatable bonds is 3. The van der Waals surface area contributed by atoms with E-state index in [4.69, 9.17) is 12.2 Å². The highest BCUT2D eigenvalue weighted by Crippen LogP contribution is 2.18. The van der Waals surface area contributed by atoms with Crippen molar-refractivity contribution in [2.45, 2.75) is 13.8 Å². The Morgan fingerprint density at radius 3 is 2.84 bits per heavy atom. The predicted octanol–water partition coefficient (Wildman–Crippen LogP) is 2.35. The number of hydrogen-bond acceptors (Lipinski definition) is 5. The molecular weight excluding hydrogens is 266 g/mol. The summed E-state index contributed by atoms with van der Waals surface area (Å²) in [5, 5.41) is 21.5. The summed E-state index contributed by atoms with van der Waals surface area (Å²) >= 11 is 5.00. The second-order valence-corrected chi connectivity index (χ2v) is 4.32. The molecular formula is C11H11N5O2S. The molecule has 8 heteroatoms. The highest BCUT2D eigenvalue weighted by atomic mass is 32.1. The second kappa shape index (κ2) is 5.11. The molecule has 0 aliphatic heterocycles. The zero-order valence-corrected chi connectivity index (χ0v) is 11.1. The molecule has 0 atom stereocenters. The van der Waals surface area contributed by atoms with Crippen LogP contribution in [0.3, 0.4) is 0 Å². The Morgan fingerprint density at radius 2 is 2.26 bits per heavy atom. The number of aromatic nitrogens is 3. The third kappa shape index (κ3) is 2.74. The van der Waals surface area contributed by atoms with Gasteiger partial charge in [-0.3, -0.25) is 15.2 Å². The van der Waals surface area contributed by atoms with Crippen molar-refractivity contribution in [3.05, 3.63) is 50.0 Å². The van der Waals surface area contributed by atoms with Gasteiger partial charge in [-0.05, 0) is 26.1 Å². The van der Waals surface area contributed by atoms with Gasteiger partial charge >= 0.3 is 0 Å². The van der Waals surface area contributed by atoms with Crippen LogP contribution in [-0.2, 0) is 0 Å². The molecule has 0 radical (unpaired) electrons. The third-order valence-electron chi connectivity index (χ3n) is 2.56. The van der Waals surface area contributed by atoms with Crippen molar-refractivity contribution in [3.8, 4) is 0 Å². The highest BCUT2D eigenvalue weighted by molar-refractivity contribution is 7.71. The molecule has 98 valence electrons. The Morgan fingerprint density at radius 1 is 1.53 bits per heavy atom. The quantitative estimate of drug-likeness (QED) is 0.403. The zero-order chi connectivity index (χ0) is 14.0. The minimum Gasteiger partial charge on any atom is -0.258 e. The van der Waals surface area contributed by atoms with E-state index < -0.39 is 4.92 Å². The fraction of sp³-hybridized carbons (Fsp3) is 0.182. The first-order valence-electron chi connectivity index (χ1n) is 5.42. The molecule has 0 saturated carbocycles. The topological polar surface area (TPSA) is 89.1 Å². The van der Waals surface area contributed by atoms with Gasteiger partial charge in [-0.1, -0.05) is 12.1 Å². The van der Waals surface area contributed by atoms with Gasteiger partial charge < -0.3 is 0 Å². The van der Waals surface area contributed by atoms with Crippen molar-refractivity contribution < 1.29 is 4.92 Å². The molecule has 1 aromatic heterocycles. The molecule has 2 aromatic rings. The van der Waals surface area contributed by atoms with Gasteiger partial charge in [-0.2, -0.15) is 14.9 Å². The molecule has 1 heterocycles. The summed E-state index contributed by atoms with van der Waals surface area (Å²) in [5.74, 6) is 0.614. The minimum atomic E-state index is -0.415. The lowest BCUT2D eigenvalue weighted by Crippen LogP contribution is -1.96. The van der Waals surface area contributed by atoms with E-state index in [2.05, 4.69) is 15.3 Å². The number of aryl methyl sites for hydroxylation is 2. The van der Waals surface area contributed by atoms with Crippen LogP contribution in [0.25, 0.3) is 0 Å². The molecule has 0 fully saturated rings. The molecule has 0 bridgehead atoms. The number of hydrogen-bond donors (Lipinski definition) is 1. The van der Waals surface area contributed by atoms with Crippen LogP contribution in [0.1, 0.15) is 17.0 Å². The summed E-state index contributed by atoms with van der Waals surface area (Å²) in [5.41, 5.74) is 1.30. The fourth-order valence-electron chi connectivity index (χ4n) is 1.53. The van der Waals surface area contributed by atoms with E-state index in [-0.39, 0.29) is 5.69 Å². The van der Waals surface area contributed by atoms with Crippen molar-refractivity contribution >= 4 is 24.1 Å². The van der Waals surface area contributed by atoms with Crippen LogP contribution in [-0.4, -0.2) is 26.0 Å². The molecule has 0 unspecified atom stereocenters. The van der Waals surface area contributed by atoms with Gasteiger partial charge in [0.25, 0.3) is 5.69 Å². The van der Waals surface area contributed by atoms with Gasteiger partial charge in [-0.25, -0.2) is 0 Å². The average molecular weight is 277 g/mol. The van der Waals surface area contributed by atoms with Gasteiger partial charge in [0, 0.05) is 17.2 Å². The van der Waals surface area contributed by atoms with Crippen LogP contribution in [0.15, 0.2) is 23.3 Å². The summed E-state index contributed by atoms with van der Waals surface area (Å²) in [6.45, 7) is 3.44. The van der Waals surface area contributed by atoms with Gasteiger partial charge in [0.2, 0.25) is 4.77 Å². The monoisotopic (exact) mass is 277 g/mol. The third-order valence-corrected chi connectivity index (χ3v) is 2.83. The van der Waals surface area contributed by atoms with Gasteiger partial charge in [0.05, 0.1) is 11.1 Å². The van der Waals surface area contributed by atoms with E-state index >= 15 is 0 Å². The Balaban J connectivity index is 2.37. The summed E-state index contributed by atoms with van der Waals surface area (Å²) < 4.78 is 1.82. The van der Waals surface area contributed by atoms with Crippen molar-refractivity contribution in [2.75, 3.05) is 0 Å². The van der Waals surface area contributed by atoms with E-state index in [1.165, 1.54) is 17.0 Å². The van der Waals surface area contributed by atoms with E-state index in [1.54, 1.807) is 26.0 Å². The van der Waals surface area contributed by atoms with Crippen LogP contribution < -0.4 is 0 Å². The summed E-state index contributed by atoms with van der Waals surface area (Å²) in [7, 11) is 0. The average Bonchev–Trinajstić information content (AvgIpc) is 2.68. The number of benzene rings is 1. The van der Waals surface area contributed by atoms with E-state index in [0.29, 0.717) is 21.7 Å². The standard InChI is InChI=1S/C11H11N5O2S/c1-7-3-4-9(5-10(7)16(17)18)6-12-15-8(2)13-14-11(15)19/h3-6H,1-2H3,(H,14,19)/b12-6+. The molecule has 1 aromatic carbocycles. The van der Waals surface area contributed by atoms with Crippen molar-refractivity contribution in [3.63, 3.8) is 0 Å². The number of nitro groups is 1. The second-order valence-electron chi connectivity index (χ2n) is 3.94. The first-order valence-corrected chi connectivity index (χ1v) is 5.83. The summed E-state index contributed by atoms with van der Waals surface area (Å²) in [6.07, 6.45) is 1.50. The zero-order valence-electron chi connectivity index (χ0n) is 10.3. The van der Waals surface area contributed by atoms with Crippen LogP contribution >= 0.6 is 12.2 Å². The number of H-pyrrole nitrogens is 1. The maximum Gasteiger partial charge on any atom is 0.272 e. The Bertz CT molecular complexity index is 716. The van der Waals surface area contributed by atoms with Crippen LogP contribution in [0.2, 0.25) is 0 Å². The summed E-state index contributed by atoms with van der Waals surface area (Å²) in [4.78, 5) is 10.4. The van der Waals surface area contributed by atoms with E-state index in [9.17, 15) is 10.1 Å². The first kappa shape index (κ1) is 13.1. The predicted molar refractivity (Wildman–Crippen MR) is 73.0 cm³/mol. The Labute approximate surface area is 113 Å². The number of aromatic amines is 1. The largest absolute Gasteiger partial charge is 0.272 e. The smallest absolute Gasteiger partial charge is 0.258 e. The van der Waals surface area contributed by atoms with Gasteiger partial charge in [-0.15, -0.1) is 0 Å². The number of nitrogens with one attached hydrogen (secondary N) is 1. The summed E-state index contributed by atoms with van der Waals surface area (Å²) in [6, 6.07) is 4.91. The van der Waals surface area contributed by atoms with Crippen molar-refractivity contribution in [2.24, 2.45) is 5.10 Å². The maximum absolute atomic E-state index is 10.8. The van der Waals surface area contributed by atoms with Gasteiger partial charge in [0.1, 0.15) is 5.82 Å². The van der Waals surface area contributed by atoms with Crippen LogP contribution in [0, 0.1) is 28.7 Å². The van der Waals surface area contributed by atoms with Crippen LogP contribution in [0.5, 0.6) is 0 Å². The lowest BCUT2D eigenvalue weighted by molar-refractivity contribution is -0.385. The lowest BCUT2D eigenvalue weighted by Gasteiger charge is -1.98. The fourth-order valence-corrected chi connectivity index (χ4v) is 1.76. The lowest BCUT2D eigenvalue weighted by atomic mass is 10.1. The minimum absolute atomic E-state index is 0.0662. The molecule has 0 spiro atoms. The molecule has 2 rings (SSSR count). The number of nitrogens with zero attached hydrogens (tertiary/aromatic N) is 4. The molecule has 19 heavy (non-hydrogen) atoms. The highest BCUT2D eigenvalue weighted by Gasteiger charge is 2.10. The normalized spacial score (nSPS) is 11.1. The van der Waals surface area contributed by atoms with Crippen molar-refractivity contribution in [1.82, 2.24) is 14.9 Å². The molecule has 0 amide bonds. The van der Waals surface area contributed by atoms with Gasteiger partial charge in [0.15, 0.2) is 0 Å². The van der Waals surface area contributed by atoms with Crippen LogP contribution in [0.4, 0.5) is 5.69 Å². The maximum atomic E-state index is 10.8.